The van der Waals surface area contributed by atoms with Crippen molar-refractivity contribution < 1.29 is 44.3 Å². The van der Waals surface area contributed by atoms with Crippen LogP contribution in [0.15, 0.2) is 0 Å². The Morgan fingerprint density at radius 1 is 1.46 bits per heavy atom. The average Bonchev–Trinajstić information content (AvgIpc) is 2.11. The van der Waals surface area contributed by atoms with Crippen LogP contribution in [0.25, 0.3) is 0 Å². The number of methoxy groups -OCH3 is 1. The van der Waals surface area contributed by atoms with Crippen molar-refractivity contribution in [2.45, 2.75) is 12.8 Å². The van der Waals surface area contributed by atoms with Crippen LogP contribution in [0.1, 0.15) is 14.3 Å². The van der Waals surface area contributed by atoms with Crippen LogP contribution in [-0.2, 0) is 18.9 Å². The van der Waals surface area contributed by atoms with Crippen molar-refractivity contribution in [2.75, 3.05) is 13.5 Å². The summed E-state index contributed by atoms with van der Waals surface area (Å²) in [6.07, 6.45) is -0.881. The Balaban J connectivity index is -0.000000605. The van der Waals surface area contributed by atoms with Gasteiger partial charge in [-0.1, -0.05) is 4.57 Å². The zero-order chi connectivity index (χ0) is 9.56. The second-order valence-corrected chi connectivity index (χ2v) is 3.53. The van der Waals surface area contributed by atoms with Gasteiger partial charge < -0.3 is 11.3 Å². The molecule has 70 valence electrons. The summed E-state index contributed by atoms with van der Waals surface area (Å²) in [6, 6.07) is 0. The summed E-state index contributed by atoms with van der Waals surface area (Å²) < 4.78 is 14.9. The zero-order valence-electron chi connectivity index (χ0n) is 8.65. The standard InChI is InChI=1S/C6H10O5P.Li.H/c1-11-5(8)2-3-6(9)12(10)4-7;;/h7H,2-4H2,1H3;;/q2*+1;-1. The molecule has 0 fully saturated rings. The molecule has 0 heterocycles. The molecule has 0 bridgehead atoms. The van der Waals surface area contributed by atoms with Gasteiger partial charge in [-0.3, -0.25) is 4.79 Å². The van der Waals surface area contributed by atoms with Crippen molar-refractivity contribution in [2.24, 2.45) is 0 Å². The predicted molar refractivity (Wildman–Crippen MR) is 42.1 cm³/mol. The van der Waals surface area contributed by atoms with Crippen molar-refractivity contribution in [1.82, 2.24) is 0 Å². The van der Waals surface area contributed by atoms with Crippen LogP contribution in [0.4, 0.5) is 0 Å². The first-order chi connectivity index (χ1) is 5.61. The van der Waals surface area contributed by atoms with Crippen molar-refractivity contribution >= 4 is 19.3 Å². The SMILES string of the molecule is COC(=O)CCC(=O)[P+](=O)CO.[H-].[Li+]. The summed E-state index contributed by atoms with van der Waals surface area (Å²) in [5.41, 5.74) is -0.599. The van der Waals surface area contributed by atoms with Crippen LogP contribution in [0.3, 0.4) is 0 Å². The van der Waals surface area contributed by atoms with Gasteiger partial charge in [0.05, 0.1) is 20.0 Å². The van der Waals surface area contributed by atoms with Gasteiger partial charge in [0.1, 0.15) is 0 Å². The van der Waals surface area contributed by atoms with Crippen LogP contribution < -0.4 is 18.9 Å². The average molecular weight is 201 g/mol. The van der Waals surface area contributed by atoms with E-state index in [-0.39, 0.29) is 33.1 Å². The van der Waals surface area contributed by atoms with Crippen LogP contribution in [0, 0.1) is 0 Å². The Morgan fingerprint density at radius 3 is 2.38 bits per heavy atom. The van der Waals surface area contributed by atoms with E-state index in [0.717, 1.165) is 0 Å². The van der Waals surface area contributed by atoms with Gasteiger partial charge in [-0.05, 0) is 0 Å². The largest absolute Gasteiger partial charge is 1.00 e. The van der Waals surface area contributed by atoms with Crippen LogP contribution >= 0.6 is 7.80 Å². The molecule has 5 nitrogen and oxygen atoms in total. The van der Waals surface area contributed by atoms with E-state index in [9.17, 15) is 14.2 Å². The first-order valence-corrected chi connectivity index (χ1v) is 4.71. The fraction of sp³-hybridized carbons (Fsp3) is 0.667. The third kappa shape index (κ3) is 6.91. The Labute approximate surface area is 90.3 Å². The first-order valence-electron chi connectivity index (χ1n) is 3.27. The molecule has 0 aromatic heterocycles. The summed E-state index contributed by atoms with van der Waals surface area (Å²) in [7, 11) is -1.01. The van der Waals surface area contributed by atoms with Crippen LogP contribution in [0.2, 0.25) is 0 Å². The van der Waals surface area contributed by atoms with E-state index in [1.165, 1.54) is 7.11 Å². The van der Waals surface area contributed by atoms with E-state index in [2.05, 4.69) is 4.74 Å². The number of aliphatic hydroxyl groups excluding tert-OH is 1. The van der Waals surface area contributed by atoms with Crippen molar-refractivity contribution in [3.63, 3.8) is 0 Å². The Kier molecular flexibility index (Phi) is 9.87. The zero-order valence-corrected chi connectivity index (χ0v) is 8.54. The van der Waals surface area contributed by atoms with E-state index in [1.807, 2.05) is 0 Å². The summed E-state index contributed by atoms with van der Waals surface area (Å²) in [6.45, 7) is 0. The quantitative estimate of drug-likeness (QED) is 0.299. The molecule has 1 unspecified atom stereocenters. The number of ether oxygens (including phenoxy) is 1. The van der Waals surface area contributed by atoms with Gasteiger partial charge in [-0.15, -0.1) is 0 Å². The number of carbonyl (C=O) groups excluding carboxylic acids is 2. The van der Waals surface area contributed by atoms with E-state index in [0.29, 0.717) is 0 Å². The smallest absolute Gasteiger partial charge is 1.00 e. The van der Waals surface area contributed by atoms with Gasteiger partial charge in [0.25, 0.3) is 6.35 Å². The van der Waals surface area contributed by atoms with E-state index < -0.39 is 25.6 Å². The van der Waals surface area contributed by atoms with Gasteiger partial charge in [-0.25, -0.2) is 4.79 Å². The fourth-order valence-corrected chi connectivity index (χ4v) is 1.03. The second-order valence-electron chi connectivity index (χ2n) is 1.99. The summed E-state index contributed by atoms with van der Waals surface area (Å²) >= 11 is 0. The maximum Gasteiger partial charge on any atom is 1.00 e. The number of aliphatic hydroxyl groups is 1. The van der Waals surface area contributed by atoms with E-state index in [1.54, 1.807) is 0 Å². The molecule has 0 aromatic carbocycles. The van der Waals surface area contributed by atoms with Gasteiger partial charge in [0.2, 0.25) is 0 Å². The number of carbonyl (C=O) groups is 2. The number of rotatable bonds is 5. The molecule has 0 amide bonds. The molecule has 0 saturated carbocycles. The third-order valence-electron chi connectivity index (χ3n) is 1.18. The number of hydrogen-bond donors (Lipinski definition) is 1. The molecule has 0 aliphatic rings. The maximum absolute atomic E-state index is 10.7. The minimum atomic E-state index is -2.22. The second kappa shape index (κ2) is 8.40. The minimum absolute atomic E-state index is 0. The van der Waals surface area contributed by atoms with Crippen molar-refractivity contribution in [3.8, 4) is 0 Å². The molecule has 0 aliphatic heterocycles. The Morgan fingerprint density at radius 2 is 2.00 bits per heavy atom. The topological polar surface area (TPSA) is 80.7 Å². The summed E-state index contributed by atoms with van der Waals surface area (Å²) in [4.78, 5) is 21.2. The van der Waals surface area contributed by atoms with E-state index >= 15 is 0 Å². The molecule has 0 radical (unpaired) electrons. The molecule has 0 saturated heterocycles. The van der Waals surface area contributed by atoms with Crippen LogP contribution in [-0.4, -0.2) is 30.1 Å². The van der Waals surface area contributed by atoms with Gasteiger partial charge >= 0.3 is 38.2 Å². The van der Waals surface area contributed by atoms with E-state index in [4.69, 9.17) is 5.11 Å². The third-order valence-corrected chi connectivity index (χ3v) is 2.21. The predicted octanol–water partition coefficient (Wildman–Crippen LogP) is -2.64. The van der Waals surface area contributed by atoms with Crippen LogP contribution in [0.5, 0.6) is 0 Å². The first kappa shape index (κ1) is 15.3. The normalized spacial score (nSPS) is 9.85. The molecule has 1 N–H and O–H groups in total. The molecule has 13 heavy (non-hydrogen) atoms. The summed E-state index contributed by atoms with van der Waals surface area (Å²) in [5.74, 6) is -0.523. The molecule has 0 rings (SSSR count). The molecular formula is C6H11LiO5P+. The monoisotopic (exact) mass is 201 g/mol. The number of esters is 1. The van der Waals surface area contributed by atoms with Crippen molar-refractivity contribution in [3.05, 3.63) is 0 Å². The Bertz CT molecular complexity index is 210. The van der Waals surface area contributed by atoms with Gasteiger partial charge in [0.15, 0.2) is 0 Å². The van der Waals surface area contributed by atoms with Gasteiger partial charge in [-0.2, -0.15) is 0 Å². The molecular weight excluding hydrogens is 190 g/mol. The molecule has 0 aromatic rings. The minimum Gasteiger partial charge on any atom is -1.00 e. The fourth-order valence-electron chi connectivity index (χ4n) is 0.515. The molecule has 0 aliphatic carbocycles. The molecule has 7 heteroatoms. The van der Waals surface area contributed by atoms with Crippen molar-refractivity contribution in [1.29, 1.82) is 0 Å². The number of hydrogen-bond acceptors (Lipinski definition) is 5. The Hall–Kier alpha value is -0.203. The molecule has 1 atom stereocenters. The summed E-state index contributed by atoms with van der Waals surface area (Å²) in [5, 5.41) is 8.31. The van der Waals surface area contributed by atoms with Gasteiger partial charge in [0, 0.05) is 0 Å². The molecule has 0 spiro atoms. The maximum atomic E-state index is 10.7.